The molecule has 1 saturated heterocycles. The first-order valence-electron chi connectivity index (χ1n) is 9.97. The van der Waals surface area contributed by atoms with Crippen LogP contribution in [0.1, 0.15) is 36.3 Å². The number of benzene rings is 2. The van der Waals surface area contributed by atoms with Gasteiger partial charge in [-0.3, -0.25) is 0 Å². The molecule has 0 aromatic heterocycles. The van der Waals surface area contributed by atoms with Gasteiger partial charge in [-0.05, 0) is 54.7 Å². The van der Waals surface area contributed by atoms with Crippen LogP contribution in [0.25, 0.3) is 5.57 Å². The van der Waals surface area contributed by atoms with Gasteiger partial charge in [-0.1, -0.05) is 18.2 Å². The zero-order chi connectivity index (χ0) is 20.4. The highest BCUT2D eigenvalue weighted by Gasteiger charge is 2.38. The van der Waals surface area contributed by atoms with E-state index in [0.717, 1.165) is 54.0 Å². The number of nitrogens with zero attached hydrogens (tertiary/aromatic N) is 2. The van der Waals surface area contributed by atoms with Crippen LogP contribution >= 0.6 is 0 Å². The molecule has 5 heteroatoms. The van der Waals surface area contributed by atoms with Crippen molar-refractivity contribution < 1.29 is 14.2 Å². The van der Waals surface area contributed by atoms with Gasteiger partial charge in [0.25, 0.3) is 0 Å². The smallest absolute Gasteiger partial charge is 0.161 e. The largest absolute Gasteiger partial charge is 0.497 e. The minimum atomic E-state index is 0.107. The standard InChI is InChI=1S/C24H26N2O3/c1-27-19-8-4-6-17(12-19)24-20(14-18-7-5-11-26(18)21(24)15-25)16-9-10-22(28-2)23(13-16)29-3/h4,6,8-10,12-13,18,20H,5,7,11,14H2,1-3H3/t18-,20+/m0/s1. The molecule has 2 aliphatic heterocycles. The van der Waals surface area contributed by atoms with Crippen LogP contribution in [0.3, 0.4) is 0 Å². The first-order chi connectivity index (χ1) is 14.2. The summed E-state index contributed by atoms with van der Waals surface area (Å²) in [5, 5.41) is 10.1. The molecular weight excluding hydrogens is 364 g/mol. The van der Waals surface area contributed by atoms with E-state index < -0.39 is 0 Å². The molecule has 0 radical (unpaired) electrons. The van der Waals surface area contributed by atoms with Crippen LogP contribution in [0.4, 0.5) is 0 Å². The molecule has 0 saturated carbocycles. The van der Waals surface area contributed by atoms with E-state index in [0.29, 0.717) is 17.5 Å². The van der Waals surface area contributed by atoms with Crippen molar-refractivity contribution in [2.24, 2.45) is 0 Å². The van der Waals surface area contributed by atoms with Crippen molar-refractivity contribution in [1.82, 2.24) is 4.90 Å². The molecule has 2 aromatic carbocycles. The van der Waals surface area contributed by atoms with E-state index in [1.807, 2.05) is 30.3 Å². The molecule has 0 N–H and O–H groups in total. The summed E-state index contributed by atoms with van der Waals surface area (Å²) < 4.78 is 16.4. The molecule has 2 aliphatic rings. The number of methoxy groups -OCH3 is 3. The number of nitriles is 1. The summed E-state index contributed by atoms with van der Waals surface area (Å²) in [6.07, 6.45) is 3.23. The predicted molar refractivity (Wildman–Crippen MR) is 112 cm³/mol. The zero-order valence-electron chi connectivity index (χ0n) is 17.1. The van der Waals surface area contributed by atoms with Crippen LogP contribution in [-0.2, 0) is 0 Å². The van der Waals surface area contributed by atoms with Gasteiger partial charge in [-0.2, -0.15) is 5.26 Å². The van der Waals surface area contributed by atoms with Gasteiger partial charge in [0.15, 0.2) is 11.5 Å². The summed E-state index contributed by atoms with van der Waals surface area (Å²) in [5.74, 6) is 2.32. The monoisotopic (exact) mass is 390 g/mol. The fourth-order valence-corrected chi connectivity index (χ4v) is 4.71. The molecule has 4 rings (SSSR count). The second-order valence-electron chi connectivity index (χ2n) is 7.50. The second kappa shape index (κ2) is 8.08. The van der Waals surface area contributed by atoms with Crippen LogP contribution < -0.4 is 14.2 Å². The Labute approximate surface area is 172 Å². The van der Waals surface area contributed by atoms with E-state index in [1.54, 1.807) is 21.3 Å². The van der Waals surface area contributed by atoms with Crippen molar-refractivity contribution in [3.8, 4) is 23.3 Å². The van der Waals surface area contributed by atoms with Gasteiger partial charge in [0.2, 0.25) is 0 Å². The average molecular weight is 390 g/mol. The number of allylic oxidation sites excluding steroid dienone is 2. The summed E-state index contributed by atoms with van der Waals surface area (Å²) in [7, 11) is 4.96. The molecule has 5 nitrogen and oxygen atoms in total. The third-order valence-corrected chi connectivity index (χ3v) is 6.07. The Balaban J connectivity index is 1.89. The van der Waals surface area contributed by atoms with E-state index in [9.17, 15) is 5.26 Å². The molecular formula is C24H26N2O3. The molecule has 1 fully saturated rings. The lowest BCUT2D eigenvalue weighted by Gasteiger charge is -2.38. The molecule has 150 valence electrons. The van der Waals surface area contributed by atoms with E-state index in [4.69, 9.17) is 14.2 Å². The van der Waals surface area contributed by atoms with Gasteiger partial charge in [-0.25, -0.2) is 0 Å². The molecule has 2 atom stereocenters. The number of ether oxygens (including phenoxy) is 3. The van der Waals surface area contributed by atoms with Gasteiger partial charge in [0.1, 0.15) is 17.5 Å². The third-order valence-electron chi connectivity index (χ3n) is 6.07. The molecule has 0 spiro atoms. The maximum Gasteiger partial charge on any atom is 0.161 e. The Bertz CT molecular complexity index is 976. The Morgan fingerprint density at radius 3 is 2.55 bits per heavy atom. The SMILES string of the molecule is COc1cccc(C2=C(C#N)N3CCC[C@H]3C[C@@H]2c2ccc(OC)c(OC)c2)c1. The van der Waals surface area contributed by atoms with Gasteiger partial charge in [-0.15, -0.1) is 0 Å². The molecule has 2 aromatic rings. The van der Waals surface area contributed by atoms with Crippen molar-refractivity contribution in [2.45, 2.75) is 31.2 Å². The summed E-state index contributed by atoms with van der Waals surface area (Å²) in [5.41, 5.74) is 4.02. The van der Waals surface area contributed by atoms with Crippen LogP contribution in [0.15, 0.2) is 48.2 Å². The van der Waals surface area contributed by atoms with Crippen LogP contribution in [0.5, 0.6) is 17.2 Å². The second-order valence-corrected chi connectivity index (χ2v) is 7.50. The van der Waals surface area contributed by atoms with E-state index in [2.05, 4.69) is 23.1 Å². The highest BCUT2D eigenvalue weighted by molar-refractivity contribution is 5.78. The quantitative estimate of drug-likeness (QED) is 0.747. The molecule has 0 aliphatic carbocycles. The number of fused-ring (bicyclic) bond motifs is 1. The lowest BCUT2D eigenvalue weighted by atomic mass is 9.78. The molecule has 2 heterocycles. The van der Waals surface area contributed by atoms with Gasteiger partial charge < -0.3 is 19.1 Å². The van der Waals surface area contributed by atoms with Crippen molar-refractivity contribution in [2.75, 3.05) is 27.9 Å². The van der Waals surface area contributed by atoms with Gasteiger partial charge in [0.05, 0.1) is 21.3 Å². The summed E-state index contributed by atoms with van der Waals surface area (Å²) in [6.45, 7) is 0.944. The molecule has 0 bridgehead atoms. The number of rotatable bonds is 5. The maximum absolute atomic E-state index is 10.1. The number of hydrogen-bond acceptors (Lipinski definition) is 5. The van der Waals surface area contributed by atoms with E-state index >= 15 is 0 Å². The minimum Gasteiger partial charge on any atom is -0.497 e. The Morgan fingerprint density at radius 1 is 1.00 bits per heavy atom. The minimum absolute atomic E-state index is 0.107. The van der Waals surface area contributed by atoms with Crippen molar-refractivity contribution in [3.63, 3.8) is 0 Å². The summed E-state index contributed by atoms with van der Waals surface area (Å²) >= 11 is 0. The lowest BCUT2D eigenvalue weighted by Crippen LogP contribution is -2.35. The van der Waals surface area contributed by atoms with Crippen molar-refractivity contribution in [1.29, 1.82) is 5.26 Å². The normalized spacial score (nSPS) is 20.8. The van der Waals surface area contributed by atoms with E-state index in [1.165, 1.54) is 0 Å². The van der Waals surface area contributed by atoms with Crippen molar-refractivity contribution >= 4 is 5.57 Å². The summed E-state index contributed by atoms with van der Waals surface area (Å²) in [6, 6.07) is 17.0. The van der Waals surface area contributed by atoms with Crippen LogP contribution in [0.2, 0.25) is 0 Å². The summed E-state index contributed by atoms with van der Waals surface area (Å²) in [4.78, 5) is 2.30. The Morgan fingerprint density at radius 2 is 1.83 bits per heavy atom. The highest BCUT2D eigenvalue weighted by atomic mass is 16.5. The van der Waals surface area contributed by atoms with Crippen LogP contribution in [0, 0.1) is 11.3 Å². The first-order valence-corrected chi connectivity index (χ1v) is 9.97. The number of hydrogen-bond donors (Lipinski definition) is 0. The lowest BCUT2D eigenvalue weighted by molar-refractivity contribution is 0.293. The van der Waals surface area contributed by atoms with Gasteiger partial charge in [0, 0.05) is 24.1 Å². The average Bonchev–Trinajstić information content (AvgIpc) is 3.25. The molecule has 29 heavy (non-hydrogen) atoms. The fraction of sp³-hybridized carbons (Fsp3) is 0.375. The third kappa shape index (κ3) is 3.40. The highest BCUT2D eigenvalue weighted by Crippen LogP contribution is 2.48. The fourth-order valence-electron chi connectivity index (χ4n) is 4.71. The topological polar surface area (TPSA) is 54.7 Å². The Hall–Kier alpha value is -3.13. The molecule has 0 amide bonds. The predicted octanol–water partition coefficient (Wildman–Crippen LogP) is 4.60. The first kappa shape index (κ1) is 19.2. The molecule has 0 unspecified atom stereocenters. The van der Waals surface area contributed by atoms with Gasteiger partial charge >= 0.3 is 0 Å². The Kier molecular flexibility index (Phi) is 5.35. The van der Waals surface area contributed by atoms with E-state index in [-0.39, 0.29) is 5.92 Å². The van der Waals surface area contributed by atoms with Crippen LogP contribution in [-0.4, -0.2) is 38.8 Å². The van der Waals surface area contributed by atoms with Crippen molar-refractivity contribution in [3.05, 3.63) is 59.3 Å². The maximum atomic E-state index is 10.1. The zero-order valence-corrected chi connectivity index (χ0v) is 17.1.